The van der Waals surface area contributed by atoms with Gasteiger partial charge < -0.3 is 14.2 Å². The summed E-state index contributed by atoms with van der Waals surface area (Å²) in [7, 11) is 0. The fraction of sp³-hybridized carbons (Fsp3) is 0.316. The molecule has 0 N–H and O–H groups in total. The van der Waals surface area contributed by atoms with Crippen LogP contribution in [-0.2, 0) is 26.2 Å². The Labute approximate surface area is 244 Å². The topological polar surface area (TPSA) is 27.7 Å². The number of benzene rings is 4. The lowest BCUT2D eigenvalue weighted by Crippen LogP contribution is -2.36. The first-order chi connectivity index (χ1) is 20.3. The summed E-state index contributed by atoms with van der Waals surface area (Å²) in [5, 5.41) is 0. The molecule has 0 aliphatic carbocycles. The SMILES string of the molecule is C(=C\[C@H]1CC[C@H]([C@H]2CC[C@H](COC(c3ccccc3)(c3ccccc3)c3ccccc3)O2)O1)/CCc1ccccc1. The number of hydrogen-bond acceptors (Lipinski definition) is 3. The zero-order valence-electron chi connectivity index (χ0n) is 23.7. The van der Waals surface area contributed by atoms with Crippen molar-refractivity contribution in [2.75, 3.05) is 6.61 Å². The monoisotopic (exact) mass is 544 g/mol. The number of hydrogen-bond donors (Lipinski definition) is 0. The minimum absolute atomic E-state index is 0.0413. The van der Waals surface area contributed by atoms with Gasteiger partial charge in [-0.25, -0.2) is 0 Å². The Bertz CT molecular complexity index is 1260. The van der Waals surface area contributed by atoms with Crippen LogP contribution in [0.1, 0.15) is 54.4 Å². The number of allylic oxidation sites excluding steroid dienone is 1. The van der Waals surface area contributed by atoms with Gasteiger partial charge >= 0.3 is 0 Å². The summed E-state index contributed by atoms with van der Waals surface area (Å²) in [6, 6.07) is 42.4. The summed E-state index contributed by atoms with van der Waals surface area (Å²) in [6.45, 7) is 0.519. The van der Waals surface area contributed by atoms with Crippen LogP contribution in [0.3, 0.4) is 0 Å². The highest BCUT2D eigenvalue weighted by atomic mass is 16.6. The highest BCUT2D eigenvalue weighted by Crippen LogP contribution is 2.41. The summed E-state index contributed by atoms with van der Waals surface area (Å²) >= 11 is 0. The van der Waals surface area contributed by atoms with E-state index in [1.54, 1.807) is 0 Å². The van der Waals surface area contributed by atoms with E-state index in [4.69, 9.17) is 14.2 Å². The molecule has 4 aromatic carbocycles. The molecule has 0 bridgehead atoms. The third-order valence-electron chi connectivity index (χ3n) is 8.46. The molecular weight excluding hydrogens is 504 g/mol. The largest absolute Gasteiger partial charge is 0.370 e. The van der Waals surface area contributed by atoms with Crippen molar-refractivity contribution in [3.63, 3.8) is 0 Å². The van der Waals surface area contributed by atoms with E-state index in [0.29, 0.717) is 6.61 Å². The van der Waals surface area contributed by atoms with Gasteiger partial charge in [-0.3, -0.25) is 0 Å². The number of aryl methyl sites for hydroxylation is 1. The minimum atomic E-state index is -0.718. The summed E-state index contributed by atoms with van der Waals surface area (Å²) in [5.74, 6) is 0. The van der Waals surface area contributed by atoms with Crippen molar-refractivity contribution >= 4 is 0 Å². The molecule has 3 nitrogen and oxygen atoms in total. The van der Waals surface area contributed by atoms with Crippen LogP contribution in [-0.4, -0.2) is 31.0 Å². The van der Waals surface area contributed by atoms with E-state index in [-0.39, 0.29) is 24.4 Å². The normalized spacial score (nSPS) is 22.8. The summed E-state index contributed by atoms with van der Waals surface area (Å²) < 4.78 is 20.1. The first-order valence-electron chi connectivity index (χ1n) is 15.1. The van der Waals surface area contributed by atoms with Crippen LogP contribution >= 0.6 is 0 Å². The number of rotatable bonds is 11. The Morgan fingerprint density at radius 3 is 1.71 bits per heavy atom. The lowest BCUT2D eigenvalue weighted by molar-refractivity contribution is -0.0939. The molecule has 210 valence electrons. The fourth-order valence-electron chi connectivity index (χ4n) is 6.36. The predicted octanol–water partition coefficient (Wildman–Crippen LogP) is 8.28. The summed E-state index contributed by atoms with van der Waals surface area (Å²) in [4.78, 5) is 0. The molecule has 0 saturated carbocycles. The van der Waals surface area contributed by atoms with Gasteiger partial charge in [0.1, 0.15) is 5.60 Å². The minimum Gasteiger partial charge on any atom is -0.370 e. The maximum atomic E-state index is 7.03. The van der Waals surface area contributed by atoms with Gasteiger partial charge in [-0.1, -0.05) is 133 Å². The molecule has 0 radical (unpaired) electrons. The van der Waals surface area contributed by atoms with E-state index in [0.717, 1.165) is 55.2 Å². The van der Waals surface area contributed by atoms with Crippen molar-refractivity contribution < 1.29 is 14.2 Å². The average molecular weight is 545 g/mol. The van der Waals surface area contributed by atoms with Crippen LogP contribution in [0, 0.1) is 0 Å². The molecule has 6 rings (SSSR count). The van der Waals surface area contributed by atoms with Crippen LogP contribution in [0.2, 0.25) is 0 Å². The molecule has 41 heavy (non-hydrogen) atoms. The lowest BCUT2D eigenvalue weighted by Gasteiger charge is -2.36. The van der Waals surface area contributed by atoms with Gasteiger partial charge in [0.25, 0.3) is 0 Å². The first kappa shape index (κ1) is 27.7. The van der Waals surface area contributed by atoms with Crippen molar-refractivity contribution in [2.24, 2.45) is 0 Å². The standard InChI is InChI=1S/C38H40O3/c1-5-15-30(16-6-1)17-13-14-24-34-25-27-36(40-34)37-28-26-35(41-37)29-39-38(31-18-7-2-8-19-31,32-20-9-3-10-21-32)33-22-11-4-12-23-33/h1-12,14-16,18-24,34-37H,13,17,25-29H2/b24-14+/t34-,35+,36+,37+/m0/s1. The van der Waals surface area contributed by atoms with Crippen molar-refractivity contribution in [1.82, 2.24) is 0 Å². The van der Waals surface area contributed by atoms with Gasteiger partial charge in [0, 0.05) is 0 Å². The predicted molar refractivity (Wildman–Crippen MR) is 165 cm³/mol. The quantitative estimate of drug-likeness (QED) is 0.140. The molecule has 2 aliphatic heterocycles. The van der Waals surface area contributed by atoms with Crippen LogP contribution in [0.25, 0.3) is 0 Å². The fourth-order valence-corrected chi connectivity index (χ4v) is 6.36. The highest BCUT2D eigenvalue weighted by molar-refractivity contribution is 5.47. The Kier molecular flexibility index (Phi) is 9.07. The van der Waals surface area contributed by atoms with Crippen molar-refractivity contribution in [3.8, 4) is 0 Å². The maximum Gasteiger partial charge on any atom is 0.143 e. The third-order valence-corrected chi connectivity index (χ3v) is 8.46. The first-order valence-corrected chi connectivity index (χ1v) is 15.1. The van der Waals surface area contributed by atoms with Crippen LogP contribution in [0.4, 0.5) is 0 Å². The average Bonchev–Trinajstić information content (AvgIpc) is 3.72. The smallest absolute Gasteiger partial charge is 0.143 e. The van der Waals surface area contributed by atoms with Gasteiger partial charge in [-0.15, -0.1) is 0 Å². The van der Waals surface area contributed by atoms with Crippen LogP contribution < -0.4 is 0 Å². The van der Waals surface area contributed by atoms with Gasteiger partial charge in [0.15, 0.2) is 0 Å². The van der Waals surface area contributed by atoms with Gasteiger partial charge in [-0.05, 0) is 60.8 Å². The molecule has 4 atom stereocenters. The van der Waals surface area contributed by atoms with Gasteiger partial charge in [0.05, 0.1) is 31.0 Å². The lowest BCUT2D eigenvalue weighted by atomic mass is 9.80. The second-order valence-corrected chi connectivity index (χ2v) is 11.2. The zero-order chi connectivity index (χ0) is 27.7. The summed E-state index contributed by atoms with van der Waals surface area (Å²) in [5.41, 5.74) is 4.02. The maximum absolute atomic E-state index is 7.03. The zero-order valence-corrected chi connectivity index (χ0v) is 23.7. The van der Waals surface area contributed by atoms with E-state index >= 15 is 0 Å². The second kappa shape index (κ2) is 13.4. The van der Waals surface area contributed by atoms with Crippen LogP contribution in [0.15, 0.2) is 133 Å². The van der Waals surface area contributed by atoms with Crippen molar-refractivity contribution in [3.05, 3.63) is 156 Å². The Hall–Kier alpha value is -3.50. The second-order valence-electron chi connectivity index (χ2n) is 11.2. The van der Waals surface area contributed by atoms with E-state index in [1.165, 1.54) is 5.56 Å². The van der Waals surface area contributed by atoms with E-state index < -0.39 is 5.60 Å². The molecule has 0 spiro atoms. The van der Waals surface area contributed by atoms with E-state index in [9.17, 15) is 0 Å². The van der Waals surface area contributed by atoms with Gasteiger partial charge in [0.2, 0.25) is 0 Å². The molecule has 2 heterocycles. The molecule has 4 aromatic rings. The molecule has 0 aromatic heterocycles. The van der Waals surface area contributed by atoms with Crippen molar-refractivity contribution in [2.45, 2.75) is 68.5 Å². The number of ether oxygens (including phenoxy) is 3. The third kappa shape index (κ3) is 6.54. The molecule has 0 amide bonds. The Balaban J connectivity index is 1.10. The summed E-state index contributed by atoms with van der Waals surface area (Å²) in [6.07, 6.45) is 11.3. The van der Waals surface area contributed by atoms with Crippen LogP contribution in [0.5, 0.6) is 0 Å². The Morgan fingerprint density at radius 1 is 0.610 bits per heavy atom. The van der Waals surface area contributed by atoms with Gasteiger partial charge in [-0.2, -0.15) is 0 Å². The van der Waals surface area contributed by atoms with E-state index in [1.807, 2.05) is 0 Å². The molecule has 3 heteroatoms. The molecular formula is C38H40O3. The molecule has 2 saturated heterocycles. The van der Waals surface area contributed by atoms with E-state index in [2.05, 4.69) is 133 Å². The highest BCUT2D eigenvalue weighted by Gasteiger charge is 2.41. The van der Waals surface area contributed by atoms with Crippen molar-refractivity contribution in [1.29, 1.82) is 0 Å². The Morgan fingerprint density at radius 2 is 1.12 bits per heavy atom. The molecule has 2 aliphatic rings. The molecule has 0 unspecified atom stereocenters. The molecule has 2 fully saturated rings.